The zero-order chi connectivity index (χ0) is 12.3. The molecule has 86 valence electrons. The van der Waals surface area contributed by atoms with Crippen LogP contribution in [0.4, 0.5) is 5.69 Å². The summed E-state index contributed by atoms with van der Waals surface area (Å²) >= 11 is 0.868. The molecule has 0 amide bonds. The molecule has 0 bridgehead atoms. The minimum atomic E-state index is -1.29. The monoisotopic (exact) mass is 242 g/mol. The van der Waals surface area contributed by atoms with Crippen molar-refractivity contribution < 1.29 is 9.85 Å². The maximum absolute atomic E-state index is 10.7. The van der Waals surface area contributed by atoms with Gasteiger partial charge in [0.15, 0.2) is 0 Å². The van der Waals surface area contributed by atoms with Gasteiger partial charge in [0.2, 0.25) is 0 Å². The average Bonchev–Trinajstić information content (AvgIpc) is 2.17. The molecule has 1 rings (SSSR count). The van der Waals surface area contributed by atoms with E-state index in [1.54, 1.807) is 6.07 Å². The molecular formula is C9H10N2O4S. The van der Waals surface area contributed by atoms with Crippen molar-refractivity contribution in [3.8, 4) is 0 Å². The van der Waals surface area contributed by atoms with Gasteiger partial charge in [-0.15, -0.1) is 0 Å². The van der Waals surface area contributed by atoms with Crippen LogP contribution in [0.15, 0.2) is 29.2 Å². The van der Waals surface area contributed by atoms with E-state index in [9.17, 15) is 20.2 Å². The first-order valence-electron chi connectivity index (χ1n) is 4.41. The maximum atomic E-state index is 10.7. The summed E-state index contributed by atoms with van der Waals surface area (Å²) in [5, 5.41) is 21.4. The lowest BCUT2D eigenvalue weighted by atomic mass is 10.3. The zero-order valence-electron chi connectivity index (χ0n) is 8.75. The van der Waals surface area contributed by atoms with Crippen LogP contribution in [0.25, 0.3) is 0 Å². The van der Waals surface area contributed by atoms with Gasteiger partial charge in [-0.2, -0.15) is 0 Å². The van der Waals surface area contributed by atoms with Gasteiger partial charge in [0.25, 0.3) is 10.6 Å². The third-order valence-corrected chi connectivity index (χ3v) is 3.08. The predicted octanol–water partition coefficient (Wildman–Crippen LogP) is 2.70. The molecule has 0 fully saturated rings. The molecule has 0 aliphatic heterocycles. The molecule has 0 radical (unpaired) electrons. The van der Waals surface area contributed by atoms with Crippen LogP contribution < -0.4 is 0 Å². The van der Waals surface area contributed by atoms with E-state index < -0.39 is 14.7 Å². The molecule has 0 unspecified atom stereocenters. The molecule has 0 aromatic heterocycles. The number of hydrogen-bond donors (Lipinski definition) is 0. The normalized spacial score (nSPS) is 11.1. The van der Waals surface area contributed by atoms with Gasteiger partial charge < -0.3 is 0 Å². The largest absolute Gasteiger partial charge is 0.283 e. The van der Waals surface area contributed by atoms with Crippen molar-refractivity contribution in [2.75, 3.05) is 0 Å². The van der Waals surface area contributed by atoms with Crippen LogP contribution in [0.1, 0.15) is 13.8 Å². The standard InChI is InChI=1S/C9H10N2O4S/c1-9(2,11(14)15)16-8-6-4-3-5-7(8)10(12)13/h3-6H,1-2H3. The minimum Gasteiger partial charge on any atom is -0.263 e. The Balaban J connectivity index is 3.06. The third kappa shape index (κ3) is 2.69. The Morgan fingerprint density at radius 3 is 2.25 bits per heavy atom. The quantitative estimate of drug-likeness (QED) is 0.350. The first-order valence-corrected chi connectivity index (χ1v) is 5.23. The van der Waals surface area contributed by atoms with Crippen molar-refractivity contribution in [1.29, 1.82) is 0 Å². The Morgan fingerprint density at radius 2 is 1.75 bits per heavy atom. The second-order valence-corrected chi connectivity index (χ2v) is 5.17. The molecule has 16 heavy (non-hydrogen) atoms. The number of nitro benzene ring substituents is 1. The van der Waals surface area contributed by atoms with Gasteiger partial charge in [-0.1, -0.05) is 12.1 Å². The smallest absolute Gasteiger partial charge is 0.263 e. The molecule has 0 N–H and O–H groups in total. The molecule has 0 spiro atoms. The Morgan fingerprint density at radius 1 is 1.19 bits per heavy atom. The Hall–Kier alpha value is -1.63. The van der Waals surface area contributed by atoms with E-state index in [1.807, 2.05) is 0 Å². The highest BCUT2D eigenvalue weighted by molar-refractivity contribution is 8.00. The van der Waals surface area contributed by atoms with Crippen molar-refractivity contribution >= 4 is 17.4 Å². The Labute approximate surface area is 96.0 Å². The second-order valence-electron chi connectivity index (χ2n) is 3.53. The van der Waals surface area contributed by atoms with Crippen molar-refractivity contribution in [3.05, 3.63) is 44.5 Å². The van der Waals surface area contributed by atoms with Crippen molar-refractivity contribution in [2.24, 2.45) is 0 Å². The number of benzene rings is 1. The highest BCUT2D eigenvalue weighted by Gasteiger charge is 2.34. The van der Waals surface area contributed by atoms with Crippen molar-refractivity contribution in [2.45, 2.75) is 23.6 Å². The number of para-hydroxylation sites is 1. The molecule has 0 aliphatic carbocycles. The molecule has 0 aliphatic rings. The third-order valence-electron chi connectivity index (χ3n) is 1.86. The lowest BCUT2D eigenvalue weighted by Gasteiger charge is -2.14. The van der Waals surface area contributed by atoms with Crippen molar-refractivity contribution in [1.82, 2.24) is 0 Å². The van der Waals surface area contributed by atoms with Crippen LogP contribution >= 0.6 is 11.8 Å². The summed E-state index contributed by atoms with van der Waals surface area (Å²) in [6.45, 7) is 2.82. The van der Waals surface area contributed by atoms with Gasteiger partial charge >= 0.3 is 0 Å². The Bertz CT molecular complexity index is 433. The van der Waals surface area contributed by atoms with E-state index in [0.717, 1.165) is 11.8 Å². The van der Waals surface area contributed by atoms with Crippen LogP contribution in [-0.4, -0.2) is 14.7 Å². The first kappa shape index (κ1) is 12.4. The highest BCUT2D eigenvalue weighted by Crippen LogP contribution is 2.37. The van der Waals surface area contributed by atoms with Crippen LogP contribution in [-0.2, 0) is 0 Å². The summed E-state index contributed by atoms with van der Waals surface area (Å²) < 4.78 is 0. The first-order chi connectivity index (χ1) is 7.34. The lowest BCUT2D eigenvalue weighted by molar-refractivity contribution is -0.529. The zero-order valence-corrected chi connectivity index (χ0v) is 9.56. The van der Waals surface area contributed by atoms with E-state index in [1.165, 1.54) is 32.0 Å². The Kier molecular flexibility index (Phi) is 3.48. The summed E-state index contributed by atoms with van der Waals surface area (Å²) in [7, 11) is 0. The summed E-state index contributed by atoms with van der Waals surface area (Å²) in [5.74, 6) is 0. The predicted molar refractivity (Wildman–Crippen MR) is 60.0 cm³/mol. The molecule has 6 nitrogen and oxygen atoms in total. The fraction of sp³-hybridized carbons (Fsp3) is 0.333. The average molecular weight is 242 g/mol. The number of hydrogen-bond acceptors (Lipinski definition) is 5. The lowest BCUT2D eigenvalue weighted by Crippen LogP contribution is -2.26. The molecule has 0 saturated heterocycles. The summed E-state index contributed by atoms with van der Waals surface area (Å²) in [6.07, 6.45) is 0. The molecular weight excluding hydrogens is 232 g/mol. The van der Waals surface area contributed by atoms with Gasteiger partial charge in [-0.25, -0.2) is 0 Å². The number of nitro groups is 2. The molecule has 0 saturated carbocycles. The van der Waals surface area contributed by atoms with E-state index >= 15 is 0 Å². The van der Waals surface area contributed by atoms with Gasteiger partial charge in [-0.3, -0.25) is 20.2 Å². The van der Waals surface area contributed by atoms with E-state index in [2.05, 4.69) is 0 Å². The van der Waals surface area contributed by atoms with Crippen LogP contribution in [0.5, 0.6) is 0 Å². The van der Waals surface area contributed by atoms with Gasteiger partial charge in [0.05, 0.1) is 9.82 Å². The van der Waals surface area contributed by atoms with Crippen LogP contribution in [0.3, 0.4) is 0 Å². The summed E-state index contributed by atoms with van der Waals surface area (Å²) in [6, 6.07) is 5.99. The fourth-order valence-corrected chi connectivity index (χ4v) is 2.01. The van der Waals surface area contributed by atoms with Crippen LogP contribution in [0, 0.1) is 20.2 Å². The van der Waals surface area contributed by atoms with Gasteiger partial charge in [0, 0.05) is 24.8 Å². The van der Waals surface area contributed by atoms with Crippen LogP contribution in [0.2, 0.25) is 0 Å². The van der Waals surface area contributed by atoms with Gasteiger partial charge in [0.1, 0.15) is 0 Å². The molecule has 1 aromatic rings. The number of nitrogens with zero attached hydrogens (tertiary/aromatic N) is 2. The van der Waals surface area contributed by atoms with E-state index in [-0.39, 0.29) is 5.69 Å². The molecule has 1 aromatic carbocycles. The summed E-state index contributed by atoms with van der Waals surface area (Å²) in [4.78, 5) is 19.4. The summed E-state index contributed by atoms with van der Waals surface area (Å²) in [5.41, 5.74) is -0.109. The number of rotatable bonds is 4. The van der Waals surface area contributed by atoms with E-state index in [0.29, 0.717) is 4.90 Å². The highest BCUT2D eigenvalue weighted by atomic mass is 32.2. The van der Waals surface area contributed by atoms with Gasteiger partial charge in [-0.05, 0) is 17.8 Å². The molecule has 0 heterocycles. The number of thioether (sulfide) groups is 1. The SMILES string of the molecule is CC(C)(Sc1ccccc1[N+](=O)[O-])[N+](=O)[O-]. The maximum Gasteiger partial charge on any atom is 0.283 e. The van der Waals surface area contributed by atoms with E-state index in [4.69, 9.17) is 0 Å². The minimum absolute atomic E-state index is 0.109. The van der Waals surface area contributed by atoms with Crippen molar-refractivity contribution in [3.63, 3.8) is 0 Å². The molecule has 7 heteroatoms. The second kappa shape index (κ2) is 4.48. The fourth-order valence-electron chi connectivity index (χ4n) is 1.00. The molecule has 0 atom stereocenters. The topological polar surface area (TPSA) is 86.3 Å².